The van der Waals surface area contributed by atoms with E-state index in [9.17, 15) is 9.59 Å². The Morgan fingerprint density at radius 3 is 2.26 bits per heavy atom. The van der Waals surface area contributed by atoms with Gasteiger partial charge in [0, 0.05) is 43.7 Å². The summed E-state index contributed by atoms with van der Waals surface area (Å²) in [5.41, 5.74) is 4.91. The van der Waals surface area contributed by atoms with Gasteiger partial charge in [-0.05, 0) is 66.5 Å². The molecule has 3 rings (SSSR count). The molecule has 3 aromatic carbocycles. The monoisotopic (exact) mass is 491 g/mol. The number of hydrogen-bond donors (Lipinski definition) is 1. The lowest BCUT2D eigenvalue weighted by atomic mass is 9.96. The van der Waals surface area contributed by atoms with Crippen LogP contribution in [-0.4, -0.2) is 55.3 Å². The van der Waals surface area contributed by atoms with E-state index >= 15 is 0 Å². The molecule has 0 saturated heterocycles. The second-order valence-corrected chi connectivity index (χ2v) is 9.63. The highest BCUT2D eigenvalue weighted by molar-refractivity contribution is 6.30. The van der Waals surface area contributed by atoms with Crippen molar-refractivity contribution in [1.29, 1.82) is 0 Å². The van der Waals surface area contributed by atoms with Gasteiger partial charge in [0.15, 0.2) is 0 Å². The summed E-state index contributed by atoms with van der Waals surface area (Å²) in [6.07, 6.45) is 0. The number of nitrogens with zero attached hydrogens (tertiary/aromatic N) is 2. The molecular formula is C29H34ClN3O2. The topological polar surface area (TPSA) is 52.7 Å². The van der Waals surface area contributed by atoms with Crippen LogP contribution in [0, 0.1) is 0 Å². The zero-order chi connectivity index (χ0) is 25.4. The molecule has 0 aromatic heterocycles. The van der Waals surface area contributed by atoms with Gasteiger partial charge in [0.1, 0.15) is 0 Å². The summed E-state index contributed by atoms with van der Waals surface area (Å²) in [6, 6.07) is 23.6. The number of nitrogens with one attached hydrogen (secondary N) is 1. The van der Waals surface area contributed by atoms with Crippen molar-refractivity contribution in [2.75, 3.05) is 33.7 Å². The molecule has 35 heavy (non-hydrogen) atoms. The van der Waals surface area contributed by atoms with Crippen LogP contribution >= 0.6 is 11.6 Å². The van der Waals surface area contributed by atoms with Crippen molar-refractivity contribution >= 4 is 23.4 Å². The van der Waals surface area contributed by atoms with Crippen molar-refractivity contribution in [1.82, 2.24) is 15.1 Å². The Balaban J connectivity index is 1.66. The fraction of sp³-hybridized carbons (Fsp3) is 0.310. The summed E-state index contributed by atoms with van der Waals surface area (Å²) in [5.74, 6) is 0.155. The summed E-state index contributed by atoms with van der Waals surface area (Å²) >= 11 is 5.98. The van der Waals surface area contributed by atoms with E-state index in [1.54, 1.807) is 6.92 Å². The number of carbonyl (C=O) groups excluding carboxylic acids is 2. The molecule has 1 unspecified atom stereocenters. The molecule has 0 aliphatic heterocycles. The van der Waals surface area contributed by atoms with Crippen LogP contribution in [0.3, 0.4) is 0 Å². The van der Waals surface area contributed by atoms with Gasteiger partial charge in [-0.2, -0.15) is 0 Å². The molecule has 0 aliphatic rings. The Hall–Kier alpha value is -3.15. The van der Waals surface area contributed by atoms with Crippen molar-refractivity contribution in [3.8, 4) is 11.1 Å². The lowest BCUT2D eigenvalue weighted by Crippen LogP contribution is -2.31. The molecule has 0 heterocycles. The third kappa shape index (κ3) is 7.94. The van der Waals surface area contributed by atoms with Crippen molar-refractivity contribution in [3.05, 3.63) is 94.5 Å². The van der Waals surface area contributed by atoms with Crippen LogP contribution in [0.5, 0.6) is 0 Å². The van der Waals surface area contributed by atoms with Crippen LogP contribution in [0.2, 0.25) is 5.02 Å². The molecule has 0 aliphatic carbocycles. The second-order valence-electron chi connectivity index (χ2n) is 9.19. The van der Waals surface area contributed by atoms with Crippen molar-refractivity contribution in [2.24, 2.45) is 0 Å². The third-order valence-electron chi connectivity index (χ3n) is 6.01. The largest absolute Gasteiger partial charge is 0.351 e. The minimum atomic E-state index is -0.0658. The van der Waals surface area contributed by atoms with Gasteiger partial charge in [0.25, 0.3) is 5.91 Å². The highest BCUT2D eigenvalue weighted by Gasteiger charge is 2.15. The first-order chi connectivity index (χ1) is 16.7. The maximum absolute atomic E-state index is 12.5. The third-order valence-corrected chi connectivity index (χ3v) is 6.26. The van der Waals surface area contributed by atoms with E-state index in [4.69, 9.17) is 11.6 Å². The smallest absolute Gasteiger partial charge is 0.251 e. The minimum absolute atomic E-state index is 0.0455. The van der Waals surface area contributed by atoms with Gasteiger partial charge in [0.2, 0.25) is 5.91 Å². The average molecular weight is 492 g/mol. The molecular weight excluding hydrogens is 458 g/mol. The van der Waals surface area contributed by atoms with Gasteiger partial charge in [-0.3, -0.25) is 9.59 Å². The molecule has 0 saturated carbocycles. The number of rotatable bonds is 10. The van der Waals surface area contributed by atoms with Gasteiger partial charge in [-0.15, -0.1) is 0 Å². The second kappa shape index (κ2) is 12.5. The van der Waals surface area contributed by atoms with Crippen LogP contribution in [0.15, 0.2) is 72.8 Å². The highest BCUT2D eigenvalue weighted by atomic mass is 35.5. The SMILES string of the molecule is CC(=O)N(Cc1ccc(Cl)cc1)CC(C)c1ccc(-c2cccc(C(=O)NCCN(C)C)c2)cc1. The molecule has 5 nitrogen and oxygen atoms in total. The maximum Gasteiger partial charge on any atom is 0.251 e. The van der Waals surface area contributed by atoms with Crippen LogP contribution in [-0.2, 0) is 11.3 Å². The number of likely N-dealkylation sites (N-methyl/N-ethyl adjacent to an activating group) is 1. The van der Waals surface area contributed by atoms with Crippen LogP contribution < -0.4 is 5.32 Å². The number of carbonyl (C=O) groups is 2. The van der Waals surface area contributed by atoms with Crippen LogP contribution in [0.25, 0.3) is 11.1 Å². The summed E-state index contributed by atoms with van der Waals surface area (Å²) in [5, 5.41) is 3.65. The lowest BCUT2D eigenvalue weighted by Gasteiger charge is -2.25. The predicted molar refractivity (Wildman–Crippen MR) is 144 cm³/mol. The van der Waals surface area contributed by atoms with Gasteiger partial charge in [-0.1, -0.05) is 67.1 Å². The quantitative estimate of drug-likeness (QED) is 0.410. The summed E-state index contributed by atoms with van der Waals surface area (Å²) in [4.78, 5) is 28.7. The molecule has 0 radical (unpaired) electrons. The Bertz CT molecular complexity index is 1130. The van der Waals surface area contributed by atoms with E-state index < -0.39 is 0 Å². The minimum Gasteiger partial charge on any atom is -0.351 e. The Kier molecular flexibility index (Phi) is 9.47. The molecule has 0 fully saturated rings. The Morgan fingerprint density at radius 1 is 0.943 bits per heavy atom. The predicted octanol–water partition coefficient (Wildman–Crippen LogP) is 5.45. The molecule has 0 spiro atoms. The van der Waals surface area contributed by atoms with E-state index in [0.717, 1.165) is 28.8 Å². The maximum atomic E-state index is 12.5. The summed E-state index contributed by atoms with van der Waals surface area (Å²) in [7, 11) is 3.96. The van der Waals surface area contributed by atoms with E-state index in [0.29, 0.717) is 30.2 Å². The fourth-order valence-electron chi connectivity index (χ4n) is 3.89. The first-order valence-corrected chi connectivity index (χ1v) is 12.2. The Morgan fingerprint density at radius 2 is 1.63 bits per heavy atom. The van der Waals surface area contributed by atoms with E-state index in [-0.39, 0.29) is 17.7 Å². The molecule has 3 aromatic rings. The van der Waals surface area contributed by atoms with E-state index in [2.05, 4.69) is 36.5 Å². The number of benzene rings is 3. The zero-order valence-electron chi connectivity index (χ0n) is 20.9. The first-order valence-electron chi connectivity index (χ1n) is 11.9. The van der Waals surface area contributed by atoms with Crippen molar-refractivity contribution < 1.29 is 9.59 Å². The van der Waals surface area contributed by atoms with E-state index in [1.165, 1.54) is 0 Å². The van der Waals surface area contributed by atoms with Crippen molar-refractivity contribution in [3.63, 3.8) is 0 Å². The molecule has 184 valence electrons. The van der Waals surface area contributed by atoms with Gasteiger partial charge in [-0.25, -0.2) is 0 Å². The lowest BCUT2D eigenvalue weighted by molar-refractivity contribution is -0.129. The molecule has 1 N–H and O–H groups in total. The van der Waals surface area contributed by atoms with E-state index in [1.807, 2.05) is 72.4 Å². The summed E-state index contributed by atoms with van der Waals surface area (Å²) in [6.45, 7) is 6.32. The normalized spacial score (nSPS) is 11.8. The van der Waals surface area contributed by atoms with Crippen LogP contribution in [0.1, 0.15) is 41.3 Å². The molecule has 2 amide bonds. The average Bonchev–Trinajstić information content (AvgIpc) is 2.84. The van der Waals surface area contributed by atoms with Gasteiger partial charge in [0.05, 0.1) is 0 Å². The molecule has 6 heteroatoms. The fourth-order valence-corrected chi connectivity index (χ4v) is 4.02. The van der Waals surface area contributed by atoms with Gasteiger partial charge >= 0.3 is 0 Å². The van der Waals surface area contributed by atoms with Crippen LogP contribution in [0.4, 0.5) is 0 Å². The first kappa shape index (κ1) is 26.5. The van der Waals surface area contributed by atoms with Gasteiger partial charge < -0.3 is 15.1 Å². The number of halogens is 1. The zero-order valence-corrected chi connectivity index (χ0v) is 21.7. The highest BCUT2D eigenvalue weighted by Crippen LogP contribution is 2.25. The number of hydrogen-bond acceptors (Lipinski definition) is 3. The van der Waals surface area contributed by atoms with Crippen molar-refractivity contribution in [2.45, 2.75) is 26.3 Å². The standard InChI is InChI=1S/C29H34ClN3O2/c1-21(19-33(22(2)34)20-23-8-14-28(30)15-9-23)24-10-12-25(13-11-24)26-6-5-7-27(18-26)29(35)31-16-17-32(3)4/h5-15,18,21H,16-17,19-20H2,1-4H3,(H,31,35). The Labute approximate surface area is 213 Å². The number of amides is 2. The molecule has 0 bridgehead atoms. The summed E-state index contributed by atoms with van der Waals surface area (Å²) < 4.78 is 0. The molecule has 1 atom stereocenters.